The lowest BCUT2D eigenvalue weighted by molar-refractivity contribution is 0.133. The van der Waals surface area contributed by atoms with Crippen molar-refractivity contribution in [3.63, 3.8) is 0 Å². The number of piperazine rings is 1. The molecular weight excluding hydrogens is 326 g/mol. The molecule has 0 atom stereocenters. The molecule has 5 nitrogen and oxygen atoms in total. The third-order valence-electron chi connectivity index (χ3n) is 5.09. The van der Waals surface area contributed by atoms with Crippen molar-refractivity contribution in [1.82, 2.24) is 14.4 Å². The first kappa shape index (κ1) is 18.4. The number of benzene rings is 1. The van der Waals surface area contributed by atoms with Crippen LogP contribution in [0, 0.1) is 6.92 Å². The maximum absolute atomic E-state index is 11.8. The Bertz CT molecular complexity index is 819. The Morgan fingerprint density at radius 3 is 2.42 bits per heavy atom. The van der Waals surface area contributed by atoms with Crippen molar-refractivity contribution in [3.05, 3.63) is 69.6 Å². The predicted octanol–water partition coefficient (Wildman–Crippen LogP) is 2.23. The predicted molar refractivity (Wildman–Crippen MR) is 105 cm³/mol. The number of hydrogen-bond donors (Lipinski definition) is 1. The highest BCUT2D eigenvalue weighted by Crippen LogP contribution is 2.16. The summed E-state index contributed by atoms with van der Waals surface area (Å²) >= 11 is 0. The van der Waals surface area contributed by atoms with Gasteiger partial charge in [0.2, 0.25) is 5.43 Å². The van der Waals surface area contributed by atoms with Crippen molar-refractivity contribution in [2.75, 3.05) is 32.7 Å². The largest absolute Gasteiger partial charge is 0.503 e. The van der Waals surface area contributed by atoms with Crippen LogP contribution in [-0.4, -0.2) is 52.2 Å². The third kappa shape index (κ3) is 4.42. The van der Waals surface area contributed by atoms with Gasteiger partial charge in [-0.15, -0.1) is 0 Å². The molecule has 0 aliphatic carbocycles. The molecule has 0 saturated carbocycles. The van der Waals surface area contributed by atoms with Gasteiger partial charge in [-0.3, -0.25) is 14.6 Å². The number of nitrogens with zero attached hydrogens (tertiary/aromatic N) is 3. The van der Waals surface area contributed by atoms with Crippen LogP contribution >= 0.6 is 0 Å². The molecule has 2 aromatic rings. The molecule has 0 bridgehead atoms. The number of pyridine rings is 1. The maximum atomic E-state index is 11.8. The van der Waals surface area contributed by atoms with E-state index in [0.29, 0.717) is 12.2 Å². The fraction of sp³-hybridized carbons (Fsp3) is 0.381. The molecule has 0 spiro atoms. The highest BCUT2D eigenvalue weighted by atomic mass is 16.3. The summed E-state index contributed by atoms with van der Waals surface area (Å²) in [5.74, 6) is -0.119. The first-order valence-electron chi connectivity index (χ1n) is 9.09. The van der Waals surface area contributed by atoms with E-state index in [2.05, 4.69) is 34.1 Å². The van der Waals surface area contributed by atoms with E-state index in [1.165, 1.54) is 11.6 Å². The van der Waals surface area contributed by atoms with E-state index in [1.54, 1.807) is 0 Å². The van der Waals surface area contributed by atoms with Gasteiger partial charge in [0.1, 0.15) is 0 Å². The van der Waals surface area contributed by atoms with Crippen LogP contribution < -0.4 is 5.43 Å². The summed E-state index contributed by atoms with van der Waals surface area (Å²) in [7, 11) is 1.90. The van der Waals surface area contributed by atoms with Crippen LogP contribution in [0.4, 0.5) is 0 Å². The van der Waals surface area contributed by atoms with Crippen LogP contribution in [-0.2, 0) is 13.6 Å². The molecule has 2 heterocycles. The fourth-order valence-corrected chi connectivity index (χ4v) is 3.29. The molecule has 1 aliphatic rings. The molecule has 1 aromatic carbocycles. The van der Waals surface area contributed by atoms with Gasteiger partial charge in [0.05, 0.1) is 5.69 Å². The van der Waals surface area contributed by atoms with Gasteiger partial charge in [-0.25, -0.2) is 0 Å². The van der Waals surface area contributed by atoms with Crippen LogP contribution in [0.2, 0.25) is 0 Å². The molecule has 0 unspecified atom stereocenters. The number of aryl methyl sites for hydroxylation is 1. The molecule has 1 saturated heterocycles. The van der Waals surface area contributed by atoms with Gasteiger partial charge >= 0.3 is 0 Å². The lowest BCUT2D eigenvalue weighted by Gasteiger charge is -2.34. The number of hydrogen-bond acceptors (Lipinski definition) is 4. The molecule has 0 amide bonds. The van der Waals surface area contributed by atoms with E-state index < -0.39 is 0 Å². The molecule has 3 rings (SSSR count). The van der Waals surface area contributed by atoms with E-state index in [0.717, 1.165) is 38.4 Å². The summed E-state index contributed by atoms with van der Waals surface area (Å²) < 4.78 is 1.91. The minimum Gasteiger partial charge on any atom is -0.503 e. The second-order valence-corrected chi connectivity index (χ2v) is 6.89. The molecule has 1 fully saturated rings. The Hall–Kier alpha value is -2.37. The third-order valence-corrected chi connectivity index (χ3v) is 5.09. The van der Waals surface area contributed by atoms with Crippen LogP contribution in [0.25, 0.3) is 6.08 Å². The summed E-state index contributed by atoms with van der Waals surface area (Å²) in [5.41, 5.74) is 2.50. The minimum atomic E-state index is -0.291. The summed E-state index contributed by atoms with van der Waals surface area (Å²) in [6.45, 7) is 7.27. The van der Waals surface area contributed by atoms with E-state index in [-0.39, 0.29) is 11.2 Å². The van der Waals surface area contributed by atoms with Crippen LogP contribution in [0.3, 0.4) is 0 Å². The Morgan fingerprint density at radius 2 is 1.73 bits per heavy atom. The maximum Gasteiger partial charge on any atom is 0.223 e. The molecule has 138 valence electrons. The zero-order chi connectivity index (χ0) is 18.5. The highest BCUT2D eigenvalue weighted by Gasteiger charge is 2.19. The van der Waals surface area contributed by atoms with Gasteiger partial charge in [0.25, 0.3) is 0 Å². The summed E-state index contributed by atoms with van der Waals surface area (Å²) in [4.78, 5) is 16.6. The SMILES string of the molecule is Cc1cc(=O)c(O)c(CN2CCN(C/C=C/c3ccccc3)CC2)n1C. The van der Waals surface area contributed by atoms with Crippen LogP contribution in [0.1, 0.15) is 17.0 Å². The van der Waals surface area contributed by atoms with Gasteiger partial charge in [-0.05, 0) is 12.5 Å². The quantitative estimate of drug-likeness (QED) is 0.896. The minimum absolute atomic E-state index is 0.119. The standard InChI is InChI=1S/C21H27N3O2/c1-17-15-20(25)21(26)19(22(17)2)16-24-13-11-23(12-14-24)10-6-9-18-7-4-3-5-8-18/h3-9,15,26H,10-14,16H2,1-2H3/b9-6+. The van der Waals surface area contributed by atoms with Crippen LogP contribution in [0.5, 0.6) is 5.75 Å². The Balaban J connectivity index is 1.53. The summed E-state index contributed by atoms with van der Waals surface area (Å²) in [6, 6.07) is 11.8. The van der Waals surface area contributed by atoms with Gasteiger partial charge in [-0.1, -0.05) is 42.5 Å². The summed E-state index contributed by atoms with van der Waals surface area (Å²) in [5, 5.41) is 10.1. The molecule has 1 aliphatic heterocycles. The number of rotatable bonds is 5. The van der Waals surface area contributed by atoms with Crippen molar-refractivity contribution < 1.29 is 5.11 Å². The average molecular weight is 353 g/mol. The van der Waals surface area contributed by atoms with E-state index in [9.17, 15) is 9.90 Å². The monoisotopic (exact) mass is 353 g/mol. The topological polar surface area (TPSA) is 48.7 Å². The first-order chi connectivity index (χ1) is 12.5. The normalized spacial score (nSPS) is 16.4. The zero-order valence-electron chi connectivity index (χ0n) is 15.6. The lowest BCUT2D eigenvalue weighted by atomic mass is 10.2. The average Bonchev–Trinajstić information content (AvgIpc) is 2.66. The van der Waals surface area contributed by atoms with Gasteiger partial charge in [0.15, 0.2) is 5.75 Å². The van der Waals surface area contributed by atoms with Gasteiger partial charge < -0.3 is 9.67 Å². The number of aromatic nitrogens is 1. The summed E-state index contributed by atoms with van der Waals surface area (Å²) in [6.07, 6.45) is 4.37. The smallest absolute Gasteiger partial charge is 0.223 e. The second-order valence-electron chi connectivity index (χ2n) is 6.89. The molecule has 26 heavy (non-hydrogen) atoms. The molecular formula is C21H27N3O2. The fourth-order valence-electron chi connectivity index (χ4n) is 3.29. The first-order valence-corrected chi connectivity index (χ1v) is 9.09. The molecule has 1 N–H and O–H groups in total. The van der Waals surface area contributed by atoms with Gasteiger partial charge in [0, 0.05) is 58.1 Å². The Morgan fingerprint density at radius 1 is 1.08 bits per heavy atom. The second kappa shape index (κ2) is 8.34. The van der Waals surface area contributed by atoms with Crippen molar-refractivity contribution >= 4 is 6.08 Å². The van der Waals surface area contributed by atoms with E-state index in [1.807, 2.05) is 36.7 Å². The lowest BCUT2D eigenvalue weighted by Crippen LogP contribution is -2.46. The van der Waals surface area contributed by atoms with Crippen LogP contribution in [0.15, 0.2) is 47.3 Å². The highest BCUT2D eigenvalue weighted by molar-refractivity contribution is 5.48. The zero-order valence-corrected chi connectivity index (χ0v) is 15.6. The Kier molecular flexibility index (Phi) is 5.91. The Labute approximate surface area is 154 Å². The van der Waals surface area contributed by atoms with E-state index in [4.69, 9.17) is 0 Å². The van der Waals surface area contributed by atoms with Gasteiger partial charge in [-0.2, -0.15) is 0 Å². The van der Waals surface area contributed by atoms with Crippen molar-refractivity contribution in [2.45, 2.75) is 13.5 Å². The van der Waals surface area contributed by atoms with Crippen molar-refractivity contribution in [1.29, 1.82) is 0 Å². The molecule has 0 radical (unpaired) electrons. The molecule has 5 heteroatoms. The van der Waals surface area contributed by atoms with Crippen molar-refractivity contribution in [3.8, 4) is 5.75 Å². The van der Waals surface area contributed by atoms with E-state index >= 15 is 0 Å². The van der Waals surface area contributed by atoms with Crippen molar-refractivity contribution in [2.24, 2.45) is 7.05 Å². The molecule has 1 aromatic heterocycles. The number of aromatic hydroxyl groups is 1.